The molecule has 9 aliphatic carbocycles. The molecule has 9 nitrogen and oxygen atoms in total. The average molecular weight is 794 g/mol. The average Bonchev–Trinajstić information content (AvgIpc) is 3.89. The Kier molecular flexibility index (Phi) is 11.0. The zero-order chi connectivity index (χ0) is 42.7. The Morgan fingerprint density at radius 1 is 0.632 bits per heavy atom. The van der Waals surface area contributed by atoms with Crippen LogP contribution in [0.15, 0.2) is 34.9 Å². The van der Waals surface area contributed by atoms with Crippen LogP contribution in [-0.2, 0) is 14.4 Å². The number of Topliss-reactive ketones (excluding diaryl/α,β-unsaturated/α-hetero) is 1. The Morgan fingerprint density at radius 2 is 1.04 bits per heavy atom. The molecular formula is C48H75NO8. The highest BCUT2D eigenvalue weighted by molar-refractivity contribution is 5.98. The van der Waals surface area contributed by atoms with Crippen molar-refractivity contribution in [2.24, 2.45) is 68.0 Å². The molecule has 0 amide bonds. The van der Waals surface area contributed by atoms with Gasteiger partial charge in [-0.2, -0.15) is 0 Å². The molecule has 17 atom stereocenters. The number of aliphatic hydroxyl groups excluding tert-OH is 2. The highest BCUT2D eigenvalue weighted by atomic mass is 16.4. The number of nitrogens with one attached hydrogen (secondary N) is 1. The van der Waals surface area contributed by atoms with Crippen LogP contribution in [0, 0.1) is 68.0 Å². The van der Waals surface area contributed by atoms with Crippen LogP contribution in [0.5, 0.6) is 0 Å². The van der Waals surface area contributed by atoms with Gasteiger partial charge in [0.05, 0.1) is 28.6 Å². The van der Waals surface area contributed by atoms with Gasteiger partial charge in [0.2, 0.25) is 0 Å². The lowest BCUT2D eigenvalue weighted by molar-refractivity contribution is -0.164. The lowest BCUT2D eigenvalue weighted by Gasteiger charge is -2.56. The second-order valence-corrected chi connectivity index (χ2v) is 21.3. The van der Waals surface area contributed by atoms with Crippen molar-refractivity contribution in [3.8, 4) is 0 Å². The molecule has 0 saturated heterocycles. The third-order valence-corrected chi connectivity index (χ3v) is 19.4. The van der Waals surface area contributed by atoms with E-state index in [9.17, 15) is 39.9 Å². The van der Waals surface area contributed by atoms with Gasteiger partial charge in [0, 0.05) is 34.6 Å². The molecule has 0 aromatic carbocycles. The van der Waals surface area contributed by atoms with Gasteiger partial charge in [-0.05, 0) is 108 Å². The third kappa shape index (κ3) is 5.23. The topological polar surface area (TPSA) is 164 Å². The molecule has 9 aliphatic rings. The van der Waals surface area contributed by atoms with Crippen LogP contribution in [0.4, 0.5) is 0 Å². The molecule has 0 radical (unpaired) electrons. The van der Waals surface area contributed by atoms with Gasteiger partial charge < -0.3 is 40.4 Å². The van der Waals surface area contributed by atoms with Gasteiger partial charge in [0.25, 0.3) is 0 Å². The number of carbonyl (C=O) groups excluding carboxylic acids is 3. The van der Waals surface area contributed by atoms with Crippen molar-refractivity contribution in [1.29, 1.82) is 0 Å². The molecular weight excluding hydrogens is 719 g/mol. The van der Waals surface area contributed by atoms with Crippen molar-refractivity contribution in [3.05, 3.63) is 34.9 Å². The minimum Gasteiger partial charge on any atom is -0.390 e. The molecule has 6 N–H and O–H groups in total. The molecule has 0 heterocycles. The molecule has 320 valence electrons. The summed E-state index contributed by atoms with van der Waals surface area (Å²) in [6.07, 6.45) is 13.4. The second-order valence-electron chi connectivity index (χ2n) is 21.3. The van der Waals surface area contributed by atoms with Crippen molar-refractivity contribution < 1.29 is 39.9 Å². The predicted octanol–water partition coefficient (Wildman–Crippen LogP) is 6.29. The fraction of sp³-hybridized carbons (Fsp3) is 0.812. The van der Waals surface area contributed by atoms with E-state index in [0.717, 1.165) is 44.8 Å². The van der Waals surface area contributed by atoms with Crippen LogP contribution in [0.3, 0.4) is 0 Å². The molecule has 0 aromatic rings. The summed E-state index contributed by atoms with van der Waals surface area (Å²) in [6, 6.07) is 0. The Hall–Kier alpha value is -2.01. The molecule has 6 saturated carbocycles. The van der Waals surface area contributed by atoms with Crippen LogP contribution >= 0.6 is 0 Å². The predicted molar refractivity (Wildman–Crippen MR) is 222 cm³/mol. The van der Waals surface area contributed by atoms with E-state index in [4.69, 9.17) is 0 Å². The molecule has 0 spiro atoms. The summed E-state index contributed by atoms with van der Waals surface area (Å²) in [7, 11) is 1.93. The molecule has 6 bridgehead atoms. The Bertz CT molecular complexity index is 1760. The number of hydrogen-bond acceptors (Lipinski definition) is 9. The molecule has 9 heteroatoms. The number of aliphatic hydroxyl groups is 5. The van der Waals surface area contributed by atoms with Crippen LogP contribution < -0.4 is 5.32 Å². The summed E-state index contributed by atoms with van der Waals surface area (Å²) in [6.45, 7) is 23.4. The number of hydrogen-bond donors (Lipinski definition) is 6. The summed E-state index contributed by atoms with van der Waals surface area (Å²) < 4.78 is 0. The van der Waals surface area contributed by atoms with Crippen molar-refractivity contribution in [1.82, 2.24) is 5.32 Å². The summed E-state index contributed by atoms with van der Waals surface area (Å²) >= 11 is 0. The van der Waals surface area contributed by atoms with Gasteiger partial charge in [-0.15, -0.1) is 0 Å². The summed E-state index contributed by atoms with van der Waals surface area (Å²) in [5.74, 6) is 2.47. The Balaban J connectivity index is 0.000000141. The first-order valence-corrected chi connectivity index (χ1v) is 22.2. The minimum absolute atomic E-state index is 0.0855. The summed E-state index contributed by atoms with van der Waals surface area (Å²) in [5.41, 5.74) is -2.73. The third-order valence-electron chi connectivity index (χ3n) is 19.4. The Morgan fingerprint density at radius 3 is 1.51 bits per heavy atom. The lowest BCUT2D eigenvalue weighted by atomic mass is 9.51. The van der Waals surface area contributed by atoms with E-state index >= 15 is 0 Å². The first-order chi connectivity index (χ1) is 26.4. The monoisotopic (exact) mass is 794 g/mol. The first kappa shape index (κ1) is 44.5. The van der Waals surface area contributed by atoms with E-state index in [1.807, 2.05) is 41.7 Å². The fourth-order valence-corrected chi connectivity index (χ4v) is 14.7. The SMILES string of the molecule is CC.CC1CC=C2C1CC1(O)C(=O)CC2(C)C1(C)C=O.CC1CC=C2C1CC1(O)C(O)CC2(C)C1(C)C=O.CNCC1(C)C2(C)CC(O)C1(O)CC1C2=CCC1C. The zero-order valence-corrected chi connectivity index (χ0v) is 37.0. The number of rotatable bonds is 4. The number of ketones is 1. The van der Waals surface area contributed by atoms with Gasteiger partial charge >= 0.3 is 0 Å². The molecule has 0 aliphatic heterocycles. The zero-order valence-electron chi connectivity index (χ0n) is 37.0. The van der Waals surface area contributed by atoms with Crippen molar-refractivity contribution in [3.63, 3.8) is 0 Å². The van der Waals surface area contributed by atoms with Crippen molar-refractivity contribution in [2.75, 3.05) is 13.6 Å². The molecule has 57 heavy (non-hydrogen) atoms. The normalized spacial score (nSPS) is 54.3. The summed E-state index contributed by atoms with van der Waals surface area (Å²) in [5, 5.41) is 57.1. The van der Waals surface area contributed by atoms with E-state index in [1.165, 1.54) is 16.7 Å². The van der Waals surface area contributed by atoms with Crippen molar-refractivity contribution >= 4 is 18.4 Å². The van der Waals surface area contributed by atoms with Crippen LogP contribution in [-0.4, -0.2) is 86.5 Å². The molecule has 0 aromatic heterocycles. The van der Waals surface area contributed by atoms with E-state index in [-0.39, 0.29) is 22.5 Å². The first-order valence-electron chi connectivity index (χ1n) is 22.2. The number of fused-ring (bicyclic) bond motifs is 12. The number of carbonyl (C=O) groups is 3. The van der Waals surface area contributed by atoms with Gasteiger partial charge in [0.15, 0.2) is 5.78 Å². The van der Waals surface area contributed by atoms with Crippen LogP contribution in [0.25, 0.3) is 0 Å². The summed E-state index contributed by atoms with van der Waals surface area (Å²) in [4.78, 5) is 35.6. The second kappa shape index (κ2) is 14.0. The number of aldehydes is 2. The minimum atomic E-state index is -1.45. The van der Waals surface area contributed by atoms with E-state index in [0.29, 0.717) is 61.7 Å². The molecule has 17 unspecified atom stereocenters. The van der Waals surface area contributed by atoms with E-state index in [1.54, 1.807) is 6.92 Å². The van der Waals surface area contributed by atoms with Gasteiger partial charge in [-0.25, -0.2) is 0 Å². The smallest absolute Gasteiger partial charge is 0.166 e. The van der Waals surface area contributed by atoms with Gasteiger partial charge in [-0.3, -0.25) is 4.79 Å². The van der Waals surface area contributed by atoms with Gasteiger partial charge in [-0.1, -0.05) is 97.3 Å². The Labute approximate surface area is 342 Å². The lowest BCUT2D eigenvalue weighted by Crippen LogP contribution is -2.61. The standard InChI is InChI=1S/C16H27NO2.C15H22O3.C15H20O3.C2H6/c1-10-5-6-12-11(10)7-16(19)13(18)8-14(12,2)15(16,3)9-17-4;2*1-9-4-5-11-10(9)6-15(18)12(17)7-13(11,2)14(15,3)8-16;1-2/h6,10-11,13,17-19H,5,7-9H2,1-4H3;5,8-10,12,17-18H,4,6-7H2,1-3H3;5,8-10,18H,4,6-7H2,1-3H3;1-2H3. The van der Waals surface area contributed by atoms with E-state index < -0.39 is 50.7 Å². The maximum absolute atomic E-state index is 12.3. The molecule has 9 rings (SSSR count). The maximum Gasteiger partial charge on any atom is 0.166 e. The quantitative estimate of drug-likeness (QED) is 0.142. The van der Waals surface area contributed by atoms with Crippen LogP contribution in [0.1, 0.15) is 134 Å². The highest BCUT2D eigenvalue weighted by Crippen LogP contribution is 2.72. The molecule has 6 fully saturated rings. The van der Waals surface area contributed by atoms with Gasteiger partial charge in [0.1, 0.15) is 23.8 Å². The largest absolute Gasteiger partial charge is 0.390 e. The van der Waals surface area contributed by atoms with Crippen molar-refractivity contribution in [2.45, 2.75) is 163 Å². The van der Waals surface area contributed by atoms with Crippen LogP contribution in [0.2, 0.25) is 0 Å². The number of allylic oxidation sites excluding steroid dienone is 6. The maximum atomic E-state index is 12.3. The highest BCUT2D eigenvalue weighted by Gasteiger charge is 2.75. The van der Waals surface area contributed by atoms with E-state index in [2.05, 4.69) is 58.2 Å². The fourth-order valence-electron chi connectivity index (χ4n) is 14.7.